The van der Waals surface area contributed by atoms with Gasteiger partial charge in [0.25, 0.3) is 0 Å². The van der Waals surface area contributed by atoms with Crippen molar-refractivity contribution >= 4 is 69.1 Å². The first-order valence-corrected chi connectivity index (χ1v) is 24.0. The third-order valence-electron chi connectivity index (χ3n) is 8.47. The van der Waals surface area contributed by atoms with Crippen LogP contribution in [0.4, 0.5) is 5.82 Å². The predicted octanol–water partition coefficient (Wildman–Crippen LogP) is 1.74. The number of allylic oxidation sites excluding steroid dienone is 1. The number of aliphatic hydroxyl groups is 2. The molecule has 24 nitrogen and oxygen atoms in total. The molecule has 0 saturated carbocycles. The number of anilines is 1. The highest BCUT2D eigenvalue weighted by molar-refractivity contribution is 8.13. The number of nitrogens with two attached hydrogens (primary N) is 1. The fraction of sp³-hybridized carbons (Fsp3) is 0.656. The van der Waals surface area contributed by atoms with Gasteiger partial charge in [0.05, 0.1) is 19.5 Å². The van der Waals surface area contributed by atoms with Gasteiger partial charge in [-0.1, -0.05) is 51.8 Å². The second-order valence-electron chi connectivity index (χ2n) is 13.9. The lowest BCUT2D eigenvalue weighted by molar-refractivity contribution is -0.137. The smallest absolute Gasteiger partial charge is 0.386 e. The van der Waals surface area contributed by atoms with Crippen LogP contribution in [0.25, 0.3) is 11.2 Å². The van der Waals surface area contributed by atoms with E-state index in [2.05, 4.69) is 47.1 Å². The zero-order valence-corrected chi connectivity index (χ0v) is 36.5. The normalized spacial score (nSPS) is 20.8. The maximum Gasteiger partial charge on any atom is 0.481 e. The Morgan fingerprint density at radius 3 is 2.47 bits per heavy atom. The van der Waals surface area contributed by atoms with Crippen LogP contribution >= 0.6 is 35.2 Å². The number of thioether (sulfide) groups is 1. The van der Waals surface area contributed by atoms with Crippen molar-refractivity contribution in [3.63, 3.8) is 0 Å². The minimum atomic E-state index is -5.57. The van der Waals surface area contributed by atoms with Gasteiger partial charge in [0, 0.05) is 37.1 Å². The summed E-state index contributed by atoms with van der Waals surface area (Å²) in [7, 11) is -16.4. The summed E-state index contributed by atoms with van der Waals surface area (Å²) in [5.41, 5.74) is 7.26. The first-order valence-electron chi connectivity index (χ1n) is 18.5. The fourth-order valence-electron chi connectivity index (χ4n) is 5.34. The van der Waals surface area contributed by atoms with Crippen LogP contribution in [-0.2, 0) is 50.7 Å². The fourth-order valence-corrected chi connectivity index (χ4v) is 8.80. The van der Waals surface area contributed by atoms with E-state index in [-0.39, 0.29) is 48.0 Å². The molecule has 2 aromatic rings. The van der Waals surface area contributed by atoms with Gasteiger partial charge in [-0.2, -0.15) is 4.31 Å². The number of carbonyl (C=O) groups is 3. The number of rotatable bonds is 26. The number of hydrogen-bond donors (Lipinski definition) is 9. The highest BCUT2D eigenvalue weighted by Gasteiger charge is 2.50. The number of aromatic nitrogens is 4. The van der Waals surface area contributed by atoms with Gasteiger partial charge in [0.2, 0.25) is 11.8 Å². The van der Waals surface area contributed by atoms with Gasteiger partial charge in [0.15, 0.2) is 22.8 Å². The van der Waals surface area contributed by atoms with Gasteiger partial charge < -0.3 is 50.9 Å². The lowest BCUT2D eigenvalue weighted by Gasteiger charge is -2.30. The Morgan fingerprint density at radius 1 is 1.05 bits per heavy atom. The summed E-state index contributed by atoms with van der Waals surface area (Å²) in [5, 5.41) is 26.4. The largest absolute Gasteiger partial charge is 0.481 e. The maximum absolute atomic E-state index is 12.7. The van der Waals surface area contributed by atoms with Crippen LogP contribution in [0.1, 0.15) is 71.9 Å². The van der Waals surface area contributed by atoms with E-state index < -0.39 is 84.6 Å². The van der Waals surface area contributed by atoms with E-state index >= 15 is 0 Å². The molecule has 28 heteroatoms. The highest BCUT2D eigenvalue weighted by Crippen LogP contribution is 2.61. The van der Waals surface area contributed by atoms with Gasteiger partial charge in [-0.05, 0) is 25.0 Å². The number of fused-ring (bicyclic) bond motifs is 1. The van der Waals surface area contributed by atoms with Crippen LogP contribution in [0.2, 0.25) is 0 Å². The number of imidazole rings is 1. The second-order valence-corrected chi connectivity index (χ2v) is 19.3. The van der Waals surface area contributed by atoms with Crippen molar-refractivity contribution in [2.75, 3.05) is 37.8 Å². The van der Waals surface area contributed by atoms with Crippen molar-refractivity contribution in [1.29, 1.82) is 0 Å². The summed E-state index contributed by atoms with van der Waals surface area (Å²) in [6.07, 6.45) is 2.38. The topological polar surface area (TPSA) is 364 Å². The summed E-state index contributed by atoms with van der Waals surface area (Å²) >= 11 is 1.06. The number of ether oxygens (including phenoxy) is 1. The number of nitrogens with zero attached hydrogens (tertiary/aromatic N) is 4. The van der Waals surface area contributed by atoms with Crippen molar-refractivity contribution < 1.29 is 80.5 Å². The van der Waals surface area contributed by atoms with Crippen molar-refractivity contribution in [2.24, 2.45) is 5.41 Å². The molecule has 1 fully saturated rings. The summed E-state index contributed by atoms with van der Waals surface area (Å²) in [6, 6.07) is 0. The predicted molar refractivity (Wildman–Crippen MR) is 213 cm³/mol. The Balaban J connectivity index is 1.42. The highest BCUT2D eigenvalue weighted by atomic mass is 32.2. The molecule has 3 rings (SSSR count). The van der Waals surface area contributed by atoms with Crippen LogP contribution in [0.15, 0.2) is 30.5 Å². The number of unbranched alkanes of at least 4 members (excludes halogenated alkanes) is 4. The van der Waals surface area contributed by atoms with Gasteiger partial charge >= 0.3 is 23.5 Å². The number of amides is 2. The number of phosphoric acid groups is 3. The van der Waals surface area contributed by atoms with Crippen LogP contribution in [0, 0.1) is 5.41 Å². The number of hydrogen-bond acceptors (Lipinski definition) is 18. The molecule has 2 unspecified atom stereocenters. The van der Waals surface area contributed by atoms with Gasteiger partial charge in [-0.25, -0.2) is 28.6 Å². The van der Waals surface area contributed by atoms with Gasteiger partial charge in [-0.15, -0.1) is 5.73 Å². The minimum absolute atomic E-state index is 0.0303. The average Bonchev–Trinajstić information content (AvgIpc) is 3.72. The van der Waals surface area contributed by atoms with Crippen LogP contribution in [0.3, 0.4) is 0 Å². The van der Waals surface area contributed by atoms with Crippen LogP contribution in [-0.4, -0.2) is 123 Å². The number of nitrogens with one attached hydrogen (secondary N) is 2. The molecule has 0 bridgehead atoms. The van der Waals surface area contributed by atoms with E-state index in [1.165, 1.54) is 20.3 Å². The standard InChI is InChI=1S/C32H52N7O17P3S/c1-4-5-6-7-8-9-10-11-12-23(41)60-16-15-34-22(40)13-14-35-30(44)27(43)32(2,3)18-53-59(50,51)56-58(48,49)52-17-21-26(55-57(45,46)47)25(42)31(54-21)39-20-38-24-28(33)36-19-37-29(24)39/h9,11,19-21,25-27,31,42-43H,4-8,12-18H2,1-3H3,(H,34,40)(H,35,44)(H,48,49)(H,50,51)(H2,33,36,37)(H2,45,46,47)/t10?,21-,25-,26-,27+,31+/m1/s1. The van der Waals surface area contributed by atoms with Crippen molar-refractivity contribution in [3.8, 4) is 0 Å². The van der Waals surface area contributed by atoms with E-state index in [1.807, 2.05) is 6.08 Å². The minimum Gasteiger partial charge on any atom is -0.386 e. The Labute approximate surface area is 349 Å². The molecule has 7 atom stereocenters. The van der Waals surface area contributed by atoms with Crippen molar-refractivity contribution in [2.45, 2.75) is 96.4 Å². The average molecular weight is 932 g/mol. The molecule has 0 aromatic carbocycles. The van der Waals surface area contributed by atoms with E-state index in [1.54, 1.807) is 6.08 Å². The monoisotopic (exact) mass is 931 g/mol. The summed E-state index contributed by atoms with van der Waals surface area (Å²) in [5.74, 6) is -1.12. The van der Waals surface area contributed by atoms with E-state index in [0.29, 0.717) is 5.75 Å². The molecule has 2 amide bonds. The molecule has 338 valence electrons. The van der Waals surface area contributed by atoms with Crippen LogP contribution < -0.4 is 16.4 Å². The molecule has 1 aliphatic rings. The molecule has 1 saturated heterocycles. The molecular weight excluding hydrogens is 879 g/mol. The van der Waals surface area contributed by atoms with Crippen molar-refractivity contribution in [1.82, 2.24) is 30.2 Å². The Hall–Kier alpha value is -2.92. The second kappa shape index (κ2) is 23.5. The summed E-state index contributed by atoms with van der Waals surface area (Å²) < 4.78 is 62.2. The van der Waals surface area contributed by atoms with E-state index in [9.17, 15) is 57.9 Å². The Kier molecular flexibility index (Phi) is 20.1. The molecule has 2 aromatic heterocycles. The van der Waals surface area contributed by atoms with Crippen LogP contribution in [0.5, 0.6) is 0 Å². The van der Waals surface area contributed by atoms with Crippen molar-refractivity contribution in [3.05, 3.63) is 30.5 Å². The SMILES string of the molecule is CCCCCCC=C=CCC(=O)SCCNC(=O)CCNC(=O)[C@H](O)C(C)(C)COP(=O)(O)OP(=O)(O)OC[C@H]1O[C@H](n2cnc3c(N)ncnc32)[C@H](O)[C@@H]1OP(=O)(O)O. The lowest BCUT2D eigenvalue weighted by Crippen LogP contribution is -2.46. The maximum atomic E-state index is 12.7. The molecule has 60 heavy (non-hydrogen) atoms. The Morgan fingerprint density at radius 2 is 1.77 bits per heavy atom. The quantitative estimate of drug-likeness (QED) is 0.0368. The first kappa shape index (κ1) is 51.4. The molecular formula is C32H52N7O17P3S. The van der Waals surface area contributed by atoms with Gasteiger partial charge in [-0.3, -0.25) is 32.5 Å². The number of nitrogen functional groups attached to an aromatic ring is 1. The van der Waals surface area contributed by atoms with Gasteiger partial charge in [0.1, 0.15) is 36.3 Å². The number of carbonyl (C=O) groups excluding carboxylic acids is 3. The van der Waals surface area contributed by atoms with E-state index in [4.69, 9.17) is 19.5 Å². The molecule has 0 radical (unpaired) electrons. The number of aliphatic hydroxyl groups excluding tert-OH is 2. The zero-order valence-electron chi connectivity index (χ0n) is 33.0. The summed E-state index contributed by atoms with van der Waals surface area (Å²) in [4.78, 5) is 87.8. The lowest BCUT2D eigenvalue weighted by atomic mass is 9.87. The molecule has 0 aliphatic carbocycles. The molecule has 1 aliphatic heterocycles. The molecule has 0 spiro atoms. The number of phosphoric ester groups is 3. The molecule has 3 heterocycles. The zero-order chi connectivity index (χ0) is 44.7. The Bertz CT molecular complexity index is 1980. The first-order chi connectivity index (χ1) is 28.1. The third kappa shape index (κ3) is 17.1. The third-order valence-corrected chi connectivity index (χ3v) is 12.5. The summed E-state index contributed by atoms with van der Waals surface area (Å²) in [6.45, 7) is 2.63. The molecule has 10 N–H and O–H groups in total. The van der Waals surface area contributed by atoms with E-state index in [0.717, 1.165) is 54.7 Å².